The van der Waals surface area contributed by atoms with Gasteiger partial charge in [0.1, 0.15) is 4.88 Å². The summed E-state index contributed by atoms with van der Waals surface area (Å²) in [6.07, 6.45) is 1.73. The number of esters is 1. The van der Waals surface area contributed by atoms with Crippen LogP contribution in [0.25, 0.3) is 0 Å². The number of carbonyl (C=O) groups excluding carboxylic acids is 1. The summed E-state index contributed by atoms with van der Waals surface area (Å²) in [5, 5.41) is 1.91. The molecule has 0 spiro atoms. The van der Waals surface area contributed by atoms with E-state index in [1.807, 2.05) is 18.4 Å². The fourth-order valence-electron chi connectivity index (χ4n) is 1.19. The number of methoxy groups -OCH3 is 1. The average Bonchev–Trinajstić information content (AvgIpc) is 2.61. The normalized spacial score (nSPS) is 12.5. The number of hydrogen-bond acceptors (Lipinski definition) is 4. The summed E-state index contributed by atoms with van der Waals surface area (Å²) in [5.74, 6) is -0.250. The van der Waals surface area contributed by atoms with Crippen molar-refractivity contribution in [2.75, 3.05) is 7.11 Å². The maximum Gasteiger partial charge on any atom is 0.348 e. The molecule has 0 aromatic carbocycles. The van der Waals surface area contributed by atoms with Gasteiger partial charge in [0.25, 0.3) is 0 Å². The van der Waals surface area contributed by atoms with Crippen LogP contribution in [0.2, 0.25) is 0 Å². The van der Waals surface area contributed by atoms with Gasteiger partial charge in [0.05, 0.1) is 7.11 Å². The lowest BCUT2D eigenvalue weighted by molar-refractivity contribution is 0.0605. The molecule has 0 fully saturated rings. The fourth-order valence-corrected chi connectivity index (χ4v) is 2.06. The van der Waals surface area contributed by atoms with E-state index in [1.54, 1.807) is 0 Å². The van der Waals surface area contributed by atoms with Gasteiger partial charge in [-0.3, -0.25) is 0 Å². The van der Waals surface area contributed by atoms with E-state index in [2.05, 4.69) is 4.74 Å². The van der Waals surface area contributed by atoms with E-state index in [0.717, 1.165) is 18.4 Å². The molecule has 1 rings (SSSR count). The summed E-state index contributed by atoms with van der Waals surface area (Å²) >= 11 is 1.42. The second kappa shape index (κ2) is 5.12. The van der Waals surface area contributed by atoms with Crippen LogP contribution in [0.15, 0.2) is 11.4 Å². The molecule has 0 unspecified atom stereocenters. The smallest absolute Gasteiger partial charge is 0.348 e. The Morgan fingerprint density at radius 3 is 3.00 bits per heavy atom. The maximum absolute atomic E-state index is 11.3. The monoisotopic (exact) mass is 213 g/mol. The second-order valence-electron chi connectivity index (χ2n) is 3.28. The SMILES string of the molecule is COC(=O)c1sccc1CC[C@H](C)N. The molecule has 1 atom stereocenters. The zero-order chi connectivity index (χ0) is 10.6. The van der Waals surface area contributed by atoms with Crippen LogP contribution in [0.5, 0.6) is 0 Å². The predicted molar refractivity (Wildman–Crippen MR) is 57.6 cm³/mol. The highest BCUT2D eigenvalue weighted by Gasteiger charge is 2.13. The molecule has 0 radical (unpaired) electrons. The molecule has 1 heterocycles. The fraction of sp³-hybridized carbons (Fsp3) is 0.500. The Labute approximate surface area is 87.9 Å². The number of rotatable bonds is 4. The molecule has 0 bridgehead atoms. The van der Waals surface area contributed by atoms with Crippen molar-refractivity contribution in [1.29, 1.82) is 0 Å². The Balaban J connectivity index is 2.67. The molecule has 1 aromatic rings. The standard InChI is InChI=1S/C10H15NO2S/c1-7(11)3-4-8-5-6-14-9(8)10(12)13-2/h5-7H,3-4,11H2,1-2H3/t7-/m0/s1. The summed E-state index contributed by atoms with van der Waals surface area (Å²) < 4.78 is 4.68. The molecule has 4 heteroatoms. The number of thiophene rings is 1. The molecule has 14 heavy (non-hydrogen) atoms. The Morgan fingerprint density at radius 1 is 1.71 bits per heavy atom. The van der Waals surface area contributed by atoms with Gasteiger partial charge < -0.3 is 10.5 Å². The number of nitrogens with two attached hydrogens (primary N) is 1. The van der Waals surface area contributed by atoms with Crippen LogP contribution < -0.4 is 5.73 Å². The molecule has 0 aliphatic rings. The molecule has 3 nitrogen and oxygen atoms in total. The first-order valence-electron chi connectivity index (χ1n) is 4.55. The molecular weight excluding hydrogens is 198 g/mol. The predicted octanol–water partition coefficient (Wildman–Crippen LogP) is 1.81. The zero-order valence-electron chi connectivity index (χ0n) is 8.45. The van der Waals surface area contributed by atoms with Crippen molar-refractivity contribution in [1.82, 2.24) is 0 Å². The topological polar surface area (TPSA) is 52.3 Å². The van der Waals surface area contributed by atoms with Gasteiger partial charge in [-0.15, -0.1) is 11.3 Å². The van der Waals surface area contributed by atoms with E-state index in [4.69, 9.17) is 5.73 Å². The number of aryl methyl sites for hydroxylation is 1. The molecule has 0 saturated carbocycles. The Kier molecular flexibility index (Phi) is 4.10. The van der Waals surface area contributed by atoms with Crippen molar-refractivity contribution in [3.8, 4) is 0 Å². The zero-order valence-corrected chi connectivity index (χ0v) is 9.26. The summed E-state index contributed by atoms with van der Waals surface area (Å²) in [4.78, 5) is 12.0. The van der Waals surface area contributed by atoms with E-state index in [0.29, 0.717) is 4.88 Å². The second-order valence-corrected chi connectivity index (χ2v) is 4.20. The lowest BCUT2D eigenvalue weighted by Crippen LogP contribution is -2.15. The molecule has 1 aromatic heterocycles. The number of ether oxygens (including phenoxy) is 1. The molecule has 0 amide bonds. The first-order chi connectivity index (χ1) is 6.65. The first kappa shape index (κ1) is 11.2. The average molecular weight is 213 g/mol. The molecule has 0 aliphatic carbocycles. The maximum atomic E-state index is 11.3. The quantitative estimate of drug-likeness (QED) is 0.776. The highest BCUT2D eigenvalue weighted by atomic mass is 32.1. The summed E-state index contributed by atoms with van der Waals surface area (Å²) in [6.45, 7) is 1.96. The summed E-state index contributed by atoms with van der Waals surface area (Å²) in [7, 11) is 1.40. The minimum absolute atomic E-state index is 0.167. The van der Waals surface area contributed by atoms with E-state index in [-0.39, 0.29) is 12.0 Å². The van der Waals surface area contributed by atoms with Crippen LogP contribution in [0, 0.1) is 0 Å². The van der Waals surface area contributed by atoms with E-state index in [1.165, 1.54) is 18.4 Å². The molecular formula is C10H15NO2S. The van der Waals surface area contributed by atoms with Crippen molar-refractivity contribution < 1.29 is 9.53 Å². The number of carbonyl (C=O) groups is 1. The first-order valence-corrected chi connectivity index (χ1v) is 5.43. The van der Waals surface area contributed by atoms with Crippen molar-refractivity contribution in [2.45, 2.75) is 25.8 Å². The molecule has 0 saturated heterocycles. The third kappa shape index (κ3) is 2.82. The van der Waals surface area contributed by atoms with E-state index < -0.39 is 0 Å². The van der Waals surface area contributed by atoms with Gasteiger partial charge in [-0.05, 0) is 36.8 Å². The highest BCUT2D eigenvalue weighted by Crippen LogP contribution is 2.19. The molecule has 0 aliphatic heterocycles. The molecule has 78 valence electrons. The van der Waals surface area contributed by atoms with Crippen molar-refractivity contribution >= 4 is 17.3 Å². The van der Waals surface area contributed by atoms with Gasteiger partial charge in [-0.1, -0.05) is 0 Å². The number of hydrogen-bond donors (Lipinski definition) is 1. The highest BCUT2D eigenvalue weighted by molar-refractivity contribution is 7.12. The minimum Gasteiger partial charge on any atom is -0.465 e. The van der Waals surface area contributed by atoms with Crippen molar-refractivity contribution in [3.05, 3.63) is 21.9 Å². The van der Waals surface area contributed by atoms with Crippen LogP contribution in [0.1, 0.15) is 28.6 Å². The largest absolute Gasteiger partial charge is 0.465 e. The summed E-state index contributed by atoms with van der Waals surface area (Å²) in [6, 6.07) is 2.12. The van der Waals surface area contributed by atoms with E-state index in [9.17, 15) is 4.79 Å². The van der Waals surface area contributed by atoms with Gasteiger partial charge in [0, 0.05) is 6.04 Å². The van der Waals surface area contributed by atoms with Crippen LogP contribution in [0.4, 0.5) is 0 Å². The van der Waals surface area contributed by atoms with Gasteiger partial charge in [0.15, 0.2) is 0 Å². The Bertz CT molecular complexity index is 307. The van der Waals surface area contributed by atoms with Gasteiger partial charge >= 0.3 is 5.97 Å². The lowest BCUT2D eigenvalue weighted by atomic mass is 10.1. The van der Waals surface area contributed by atoms with Crippen LogP contribution in [0.3, 0.4) is 0 Å². The van der Waals surface area contributed by atoms with Gasteiger partial charge in [0.2, 0.25) is 0 Å². The third-order valence-electron chi connectivity index (χ3n) is 1.99. The Hall–Kier alpha value is -0.870. The summed E-state index contributed by atoms with van der Waals surface area (Å²) in [5.41, 5.74) is 6.70. The molecule has 2 N–H and O–H groups in total. The van der Waals surface area contributed by atoms with Gasteiger partial charge in [-0.2, -0.15) is 0 Å². The van der Waals surface area contributed by atoms with Crippen LogP contribution in [-0.2, 0) is 11.2 Å². The van der Waals surface area contributed by atoms with Crippen LogP contribution in [-0.4, -0.2) is 19.1 Å². The van der Waals surface area contributed by atoms with Crippen molar-refractivity contribution in [3.63, 3.8) is 0 Å². The minimum atomic E-state index is -0.250. The van der Waals surface area contributed by atoms with E-state index >= 15 is 0 Å². The Morgan fingerprint density at radius 2 is 2.43 bits per heavy atom. The van der Waals surface area contributed by atoms with Crippen molar-refractivity contribution in [2.24, 2.45) is 5.73 Å². The van der Waals surface area contributed by atoms with Gasteiger partial charge in [-0.25, -0.2) is 4.79 Å². The van der Waals surface area contributed by atoms with Crippen LogP contribution >= 0.6 is 11.3 Å². The third-order valence-corrected chi connectivity index (χ3v) is 2.92. The lowest BCUT2D eigenvalue weighted by Gasteiger charge is -2.04.